The molecule has 0 fully saturated rings. The maximum Gasteiger partial charge on any atom is 0.316 e. The Morgan fingerprint density at radius 2 is 1.82 bits per heavy atom. The number of esters is 1. The van der Waals surface area contributed by atoms with Gasteiger partial charge in [0.15, 0.2) is 12.4 Å². The lowest BCUT2D eigenvalue weighted by Crippen LogP contribution is -2.16. The first-order valence-corrected chi connectivity index (χ1v) is 9.92. The van der Waals surface area contributed by atoms with Gasteiger partial charge in [0.1, 0.15) is 0 Å². The summed E-state index contributed by atoms with van der Waals surface area (Å²) in [7, 11) is 0. The lowest BCUT2D eigenvalue weighted by atomic mass is 10.2. The quantitative estimate of drug-likeness (QED) is 0.548. The monoisotopic (exact) mass is 416 g/mol. The van der Waals surface area contributed by atoms with Gasteiger partial charge in [-0.05, 0) is 24.3 Å². The Balaban J connectivity index is 1.36. The van der Waals surface area contributed by atoms with Gasteiger partial charge in [0.05, 0.1) is 17.7 Å². The highest BCUT2D eigenvalue weighted by Gasteiger charge is 2.11. The van der Waals surface area contributed by atoms with Gasteiger partial charge in [0.2, 0.25) is 11.8 Å². The fourth-order valence-corrected chi connectivity index (χ4v) is 2.99. The number of rotatable bonds is 8. The van der Waals surface area contributed by atoms with E-state index >= 15 is 0 Å². The number of oxazole rings is 1. The van der Waals surface area contributed by atoms with E-state index in [0.29, 0.717) is 22.4 Å². The van der Waals surface area contributed by atoms with Crippen molar-refractivity contribution < 1.29 is 18.7 Å². The zero-order valence-corrected chi connectivity index (χ0v) is 16.3. The molecular weight excluding hydrogens is 400 g/mol. The Hall–Kier alpha value is -2.77. The minimum Gasteiger partial charge on any atom is -0.455 e. The molecule has 0 aliphatic rings. The first-order valence-electron chi connectivity index (χ1n) is 8.39. The molecule has 3 aromatic rings. The first-order chi connectivity index (χ1) is 13.6. The topological polar surface area (TPSA) is 81.4 Å². The molecule has 0 radical (unpaired) electrons. The van der Waals surface area contributed by atoms with Crippen molar-refractivity contribution in [2.45, 2.75) is 6.61 Å². The number of thioether (sulfide) groups is 1. The maximum atomic E-state index is 11.9. The molecule has 8 heteroatoms. The van der Waals surface area contributed by atoms with Crippen LogP contribution < -0.4 is 5.32 Å². The van der Waals surface area contributed by atoms with Crippen LogP contribution in [0.2, 0.25) is 5.02 Å². The second-order valence-corrected chi connectivity index (χ2v) is 7.11. The highest BCUT2D eigenvalue weighted by Crippen LogP contribution is 2.20. The van der Waals surface area contributed by atoms with E-state index in [0.717, 1.165) is 5.56 Å². The van der Waals surface area contributed by atoms with Gasteiger partial charge in [-0.2, -0.15) is 0 Å². The fourth-order valence-electron chi connectivity index (χ4n) is 2.25. The molecule has 1 N–H and O–H groups in total. The Labute approximate surface area is 171 Å². The zero-order chi connectivity index (χ0) is 19.8. The molecule has 2 aromatic carbocycles. The number of hydrogen-bond donors (Lipinski definition) is 1. The summed E-state index contributed by atoms with van der Waals surface area (Å²) in [5.41, 5.74) is 1.55. The van der Waals surface area contributed by atoms with Crippen molar-refractivity contribution in [1.29, 1.82) is 0 Å². The van der Waals surface area contributed by atoms with Gasteiger partial charge in [-0.1, -0.05) is 41.9 Å². The predicted molar refractivity (Wildman–Crippen MR) is 109 cm³/mol. The van der Waals surface area contributed by atoms with Crippen LogP contribution in [0, 0.1) is 0 Å². The van der Waals surface area contributed by atoms with Crippen molar-refractivity contribution in [3.05, 3.63) is 71.7 Å². The summed E-state index contributed by atoms with van der Waals surface area (Å²) in [4.78, 5) is 27.8. The van der Waals surface area contributed by atoms with Crippen LogP contribution in [0.3, 0.4) is 0 Å². The van der Waals surface area contributed by atoms with Crippen LogP contribution in [0.1, 0.15) is 5.89 Å². The second kappa shape index (κ2) is 9.96. The third-order valence-electron chi connectivity index (χ3n) is 3.55. The molecule has 1 heterocycles. The van der Waals surface area contributed by atoms with E-state index in [1.807, 2.05) is 30.3 Å². The van der Waals surface area contributed by atoms with Gasteiger partial charge >= 0.3 is 5.97 Å². The van der Waals surface area contributed by atoms with E-state index in [1.165, 1.54) is 11.8 Å². The molecule has 0 aliphatic heterocycles. The second-order valence-electron chi connectivity index (χ2n) is 5.69. The summed E-state index contributed by atoms with van der Waals surface area (Å²) in [6, 6.07) is 16.3. The molecule has 0 atom stereocenters. The van der Waals surface area contributed by atoms with Crippen molar-refractivity contribution >= 4 is 40.9 Å². The number of amides is 1. The zero-order valence-electron chi connectivity index (χ0n) is 14.8. The first kappa shape index (κ1) is 20.0. The molecule has 0 saturated heterocycles. The maximum absolute atomic E-state index is 11.9. The van der Waals surface area contributed by atoms with Crippen LogP contribution >= 0.6 is 23.4 Å². The Kier molecular flexibility index (Phi) is 7.11. The number of carbonyl (C=O) groups excluding carboxylic acids is 2. The minimum atomic E-state index is -0.441. The highest BCUT2D eigenvalue weighted by molar-refractivity contribution is 8.00. The standard InChI is InChI=1S/C20H17ClN2O4S/c21-15-6-8-16(9-7-15)23-18(24)12-28-13-20(25)26-11-19-22-10-17(27-19)14-4-2-1-3-5-14/h1-10H,11-13H2,(H,23,24). The number of nitrogens with one attached hydrogen (secondary N) is 1. The Morgan fingerprint density at radius 1 is 1.07 bits per heavy atom. The van der Waals surface area contributed by atoms with Gasteiger partial charge in [-0.3, -0.25) is 9.59 Å². The molecular formula is C20H17ClN2O4S. The Morgan fingerprint density at radius 3 is 2.57 bits per heavy atom. The number of aromatic nitrogens is 1. The van der Waals surface area contributed by atoms with Crippen LogP contribution in [0.25, 0.3) is 11.3 Å². The lowest BCUT2D eigenvalue weighted by molar-refractivity contribution is -0.142. The predicted octanol–water partition coefficient (Wildman–Crippen LogP) is 4.41. The number of anilines is 1. The van der Waals surface area contributed by atoms with Crippen molar-refractivity contribution in [2.24, 2.45) is 0 Å². The summed E-state index contributed by atoms with van der Waals surface area (Å²) in [6.07, 6.45) is 1.59. The molecule has 0 spiro atoms. The number of carbonyl (C=O) groups is 2. The summed E-state index contributed by atoms with van der Waals surface area (Å²) in [6.45, 7) is -0.0524. The molecule has 0 aliphatic carbocycles. The SMILES string of the molecule is O=C(CSCC(=O)OCc1ncc(-c2ccccc2)o1)Nc1ccc(Cl)cc1. The Bertz CT molecular complexity index is 929. The number of ether oxygens (including phenoxy) is 1. The van der Waals surface area contributed by atoms with Crippen LogP contribution in [0.4, 0.5) is 5.69 Å². The lowest BCUT2D eigenvalue weighted by Gasteiger charge is -2.05. The van der Waals surface area contributed by atoms with Gasteiger partial charge in [-0.15, -0.1) is 11.8 Å². The number of benzene rings is 2. The summed E-state index contributed by atoms with van der Waals surface area (Å²) >= 11 is 6.96. The van der Waals surface area contributed by atoms with Gasteiger partial charge in [-0.25, -0.2) is 4.98 Å². The molecule has 3 rings (SSSR count). The third-order valence-corrected chi connectivity index (χ3v) is 4.71. The summed E-state index contributed by atoms with van der Waals surface area (Å²) in [5.74, 6) is 0.469. The average Bonchev–Trinajstić information content (AvgIpc) is 3.18. The van der Waals surface area contributed by atoms with Crippen molar-refractivity contribution in [3.63, 3.8) is 0 Å². The molecule has 6 nitrogen and oxygen atoms in total. The van der Waals surface area contributed by atoms with Gasteiger partial charge < -0.3 is 14.5 Å². The molecule has 1 aromatic heterocycles. The fraction of sp³-hybridized carbons (Fsp3) is 0.150. The van der Waals surface area contributed by atoms with E-state index in [1.54, 1.807) is 30.5 Å². The summed E-state index contributed by atoms with van der Waals surface area (Å²) < 4.78 is 10.7. The van der Waals surface area contributed by atoms with Crippen LogP contribution in [0.15, 0.2) is 65.2 Å². The molecule has 0 saturated carbocycles. The normalized spacial score (nSPS) is 10.5. The average molecular weight is 417 g/mol. The number of hydrogen-bond acceptors (Lipinski definition) is 6. The smallest absolute Gasteiger partial charge is 0.316 e. The molecule has 0 bridgehead atoms. The largest absolute Gasteiger partial charge is 0.455 e. The van der Waals surface area contributed by atoms with Crippen LogP contribution in [-0.2, 0) is 20.9 Å². The summed E-state index contributed by atoms with van der Waals surface area (Å²) in [5, 5.41) is 3.32. The molecule has 144 valence electrons. The van der Waals surface area contributed by atoms with Crippen LogP contribution in [-0.4, -0.2) is 28.4 Å². The third kappa shape index (κ3) is 6.14. The van der Waals surface area contributed by atoms with E-state index in [4.69, 9.17) is 20.8 Å². The number of halogens is 1. The number of nitrogens with zero attached hydrogens (tertiary/aromatic N) is 1. The minimum absolute atomic E-state index is 0.0524. The molecule has 0 unspecified atom stereocenters. The van der Waals surface area contributed by atoms with Crippen molar-refractivity contribution in [3.8, 4) is 11.3 Å². The van der Waals surface area contributed by atoms with Gasteiger partial charge in [0.25, 0.3) is 0 Å². The van der Waals surface area contributed by atoms with E-state index < -0.39 is 5.97 Å². The van der Waals surface area contributed by atoms with Crippen molar-refractivity contribution in [1.82, 2.24) is 4.98 Å². The highest BCUT2D eigenvalue weighted by atomic mass is 35.5. The molecule has 1 amide bonds. The van der Waals surface area contributed by atoms with E-state index in [9.17, 15) is 9.59 Å². The molecule has 28 heavy (non-hydrogen) atoms. The van der Waals surface area contributed by atoms with E-state index in [2.05, 4.69) is 10.3 Å². The van der Waals surface area contributed by atoms with Crippen LogP contribution in [0.5, 0.6) is 0 Å². The van der Waals surface area contributed by atoms with Crippen molar-refractivity contribution in [2.75, 3.05) is 16.8 Å². The van der Waals surface area contributed by atoms with Gasteiger partial charge in [0, 0.05) is 16.3 Å². The van der Waals surface area contributed by atoms with E-state index in [-0.39, 0.29) is 24.0 Å².